The van der Waals surface area contributed by atoms with Crippen molar-refractivity contribution in [1.82, 2.24) is 0 Å². The molecule has 0 radical (unpaired) electrons. The third-order valence-corrected chi connectivity index (χ3v) is 4.84. The lowest BCUT2D eigenvalue weighted by Gasteiger charge is -2.23. The highest BCUT2D eigenvalue weighted by atomic mass is 16.5. The summed E-state index contributed by atoms with van der Waals surface area (Å²) in [5.41, 5.74) is 3.20. The average Bonchev–Trinajstić information content (AvgIpc) is 3.03. The molecule has 0 fully saturated rings. The van der Waals surface area contributed by atoms with Gasteiger partial charge in [0.05, 0.1) is 0 Å². The molecule has 2 heterocycles. The van der Waals surface area contributed by atoms with Gasteiger partial charge in [-0.2, -0.15) is 0 Å². The Kier molecular flexibility index (Phi) is 4.48. The predicted molar refractivity (Wildman–Crippen MR) is 99.4 cm³/mol. The molecule has 0 N–H and O–H groups in total. The van der Waals surface area contributed by atoms with Crippen molar-refractivity contribution < 1.29 is 18.7 Å². The van der Waals surface area contributed by atoms with Gasteiger partial charge in [0, 0.05) is 29.9 Å². The number of esters is 1. The summed E-state index contributed by atoms with van der Waals surface area (Å²) >= 11 is 0. The normalized spacial score (nSPS) is 16.7. The third kappa shape index (κ3) is 3.05. The van der Waals surface area contributed by atoms with Crippen molar-refractivity contribution in [2.24, 2.45) is 0 Å². The van der Waals surface area contributed by atoms with Crippen LogP contribution in [0.15, 0.2) is 46.5 Å². The Hall–Kier alpha value is -2.82. The van der Waals surface area contributed by atoms with Gasteiger partial charge in [0.1, 0.15) is 17.1 Å². The number of ether oxygens (including phenoxy) is 1. The molecule has 0 atom stereocenters. The highest BCUT2D eigenvalue weighted by molar-refractivity contribution is 5.97. The molecule has 26 heavy (non-hydrogen) atoms. The second-order valence-corrected chi connectivity index (χ2v) is 7.10. The van der Waals surface area contributed by atoms with Crippen LogP contribution in [-0.2, 0) is 14.9 Å². The van der Waals surface area contributed by atoms with Gasteiger partial charge in [0.25, 0.3) is 0 Å². The molecule has 0 unspecified atom stereocenters. The highest BCUT2D eigenvalue weighted by Gasteiger charge is 2.38. The molecule has 0 aliphatic carbocycles. The Balaban J connectivity index is 1.73. The summed E-state index contributed by atoms with van der Waals surface area (Å²) in [6.45, 7) is 7.32. The number of carbonyl (C=O) groups is 2. The van der Waals surface area contributed by atoms with Crippen molar-refractivity contribution in [2.75, 3.05) is 18.6 Å². The van der Waals surface area contributed by atoms with Gasteiger partial charge in [0.15, 0.2) is 12.4 Å². The summed E-state index contributed by atoms with van der Waals surface area (Å²) in [5.74, 6) is 0.327. The molecule has 0 saturated heterocycles. The number of furan rings is 1. The molecule has 3 rings (SSSR count). The zero-order valence-electron chi connectivity index (χ0n) is 15.8. The summed E-state index contributed by atoms with van der Waals surface area (Å²) in [6, 6.07) is 9.70. The van der Waals surface area contributed by atoms with E-state index in [2.05, 4.69) is 19.9 Å². The number of likely N-dealkylation sites (N-methyl/N-ethyl adjacent to an activating group) is 1. The van der Waals surface area contributed by atoms with Gasteiger partial charge in [0.2, 0.25) is 0 Å². The molecule has 1 aliphatic rings. The van der Waals surface area contributed by atoms with Gasteiger partial charge in [-0.15, -0.1) is 0 Å². The Morgan fingerprint density at radius 2 is 1.92 bits per heavy atom. The maximum atomic E-state index is 12.4. The molecular weight excluding hydrogens is 330 g/mol. The van der Waals surface area contributed by atoms with Crippen LogP contribution in [0.2, 0.25) is 0 Å². The van der Waals surface area contributed by atoms with Crippen molar-refractivity contribution >= 4 is 17.4 Å². The van der Waals surface area contributed by atoms with E-state index in [4.69, 9.17) is 9.15 Å². The molecule has 5 heteroatoms. The Labute approximate surface area is 153 Å². The number of benzene rings is 1. The Morgan fingerprint density at radius 1 is 1.23 bits per heavy atom. The minimum atomic E-state index is -0.548. The molecule has 0 spiro atoms. The molecule has 1 aliphatic heterocycles. The number of allylic oxidation sites excluding steroid dienone is 1. The maximum absolute atomic E-state index is 12.4. The lowest BCUT2D eigenvalue weighted by atomic mass is 9.83. The van der Waals surface area contributed by atoms with Crippen LogP contribution in [0.3, 0.4) is 0 Å². The van der Waals surface area contributed by atoms with Crippen molar-refractivity contribution in [3.05, 3.63) is 64.8 Å². The second-order valence-electron chi connectivity index (χ2n) is 7.10. The van der Waals surface area contributed by atoms with E-state index < -0.39 is 5.97 Å². The fourth-order valence-corrected chi connectivity index (χ4v) is 3.50. The maximum Gasteiger partial charge on any atom is 0.342 e. The lowest BCUT2D eigenvalue weighted by Crippen LogP contribution is -2.25. The molecule has 1 aromatic carbocycles. The Bertz CT molecular complexity index is 904. The van der Waals surface area contributed by atoms with E-state index in [1.165, 1.54) is 5.56 Å². The van der Waals surface area contributed by atoms with Crippen LogP contribution in [0.25, 0.3) is 0 Å². The number of fused-ring (bicyclic) bond motifs is 1. The SMILES string of the molecule is Cc1cc(C(=O)OCC(=O)C=C2N(C)c3ccccc3C2(C)C)c(C)o1. The molecule has 0 amide bonds. The first-order chi connectivity index (χ1) is 12.2. The van der Waals surface area contributed by atoms with Crippen LogP contribution >= 0.6 is 0 Å². The highest BCUT2D eigenvalue weighted by Crippen LogP contribution is 2.46. The van der Waals surface area contributed by atoms with Crippen LogP contribution in [0.4, 0.5) is 5.69 Å². The van der Waals surface area contributed by atoms with Gasteiger partial charge in [-0.1, -0.05) is 32.0 Å². The monoisotopic (exact) mass is 353 g/mol. The first kappa shape index (κ1) is 18.0. The molecule has 0 bridgehead atoms. The first-order valence-electron chi connectivity index (χ1n) is 8.54. The molecule has 1 aromatic heterocycles. The number of rotatable bonds is 4. The van der Waals surface area contributed by atoms with E-state index in [1.807, 2.05) is 30.1 Å². The van der Waals surface area contributed by atoms with E-state index >= 15 is 0 Å². The second kappa shape index (κ2) is 6.48. The smallest absolute Gasteiger partial charge is 0.342 e. The van der Waals surface area contributed by atoms with Gasteiger partial charge < -0.3 is 14.1 Å². The summed E-state index contributed by atoms with van der Waals surface area (Å²) in [7, 11) is 1.94. The van der Waals surface area contributed by atoms with E-state index in [0.29, 0.717) is 17.1 Å². The lowest BCUT2D eigenvalue weighted by molar-refractivity contribution is -0.117. The molecule has 0 saturated carbocycles. The zero-order valence-corrected chi connectivity index (χ0v) is 15.8. The van der Waals surface area contributed by atoms with Gasteiger partial charge >= 0.3 is 5.97 Å². The number of para-hydroxylation sites is 1. The van der Waals surface area contributed by atoms with Crippen LogP contribution in [0.5, 0.6) is 0 Å². The number of aryl methyl sites for hydroxylation is 2. The van der Waals surface area contributed by atoms with Gasteiger partial charge in [-0.3, -0.25) is 4.79 Å². The van der Waals surface area contributed by atoms with Crippen molar-refractivity contribution in [2.45, 2.75) is 33.1 Å². The number of hydrogen-bond acceptors (Lipinski definition) is 5. The molecule has 2 aromatic rings. The minimum Gasteiger partial charge on any atom is -0.466 e. The largest absolute Gasteiger partial charge is 0.466 e. The molecule has 5 nitrogen and oxygen atoms in total. The Morgan fingerprint density at radius 3 is 2.54 bits per heavy atom. The summed E-state index contributed by atoms with van der Waals surface area (Å²) in [6.07, 6.45) is 1.57. The summed E-state index contributed by atoms with van der Waals surface area (Å²) < 4.78 is 10.5. The fourth-order valence-electron chi connectivity index (χ4n) is 3.50. The average molecular weight is 353 g/mol. The van der Waals surface area contributed by atoms with Gasteiger partial charge in [-0.25, -0.2) is 4.79 Å². The standard InChI is InChI=1S/C21H23NO4/c1-13-10-16(14(2)26-13)20(24)25-12-15(23)11-19-21(3,4)17-8-6-7-9-18(17)22(19)5/h6-11H,12H2,1-5H3. The zero-order chi connectivity index (χ0) is 19.1. The topological polar surface area (TPSA) is 59.8 Å². The van der Waals surface area contributed by atoms with Crippen LogP contribution in [0, 0.1) is 13.8 Å². The van der Waals surface area contributed by atoms with E-state index in [-0.39, 0.29) is 17.8 Å². The number of ketones is 1. The first-order valence-corrected chi connectivity index (χ1v) is 8.54. The van der Waals surface area contributed by atoms with Crippen LogP contribution < -0.4 is 4.90 Å². The third-order valence-electron chi connectivity index (χ3n) is 4.84. The van der Waals surface area contributed by atoms with E-state index in [9.17, 15) is 9.59 Å². The van der Waals surface area contributed by atoms with E-state index in [0.717, 1.165) is 11.4 Å². The quantitative estimate of drug-likeness (QED) is 0.616. The number of nitrogens with zero attached hydrogens (tertiary/aromatic N) is 1. The molecule has 136 valence electrons. The number of carbonyl (C=O) groups excluding carboxylic acids is 2. The van der Waals surface area contributed by atoms with Gasteiger partial charge in [-0.05, 0) is 31.5 Å². The number of anilines is 1. The minimum absolute atomic E-state index is 0.251. The fraction of sp³-hybridized carbons (Fsp3) is 0.333. The van der Waals surface area contributed by atoms with Crippen molar-refractivity contribution in [3.63, 3.8) is 0 Å². The van der Waals surface area contributed by atoms with Crippen LogP contribution in [-0.4, -0.2) is 25.4 Å². The van der Waals surface area contributed by atoms with E-state index in [1.54, 1.807) is 26.0 Å². The molecular formula is C21H23NO4. The summed E-state index contributed by atoms with van der Waals surface area (Å²) in [4.78, 5) is 26.5. The predicted octanol–water partition coefficient (Wildman–Crippen LogP) is 3.93. The number of hydrogen-bond donors (Lipinski definition) is 0. The van der Waals surface area contributed by atoms with Crippen molar-refractivity contribution in [3.8, 4) is 0 Å². The van der Waals surface area contributed by atoms with Crippen LogP contribution in [0.1, 0.15) is 41.3 Å². The summed E-state index contributed by atoms with van der Waals surface area (Å²) in [5, 5.41) is 0. The van der Waals surface area contributed by atoms with Crippen molar-refractivity contribution in [1.29, 1.82) is 0 Å².